The summed E-state index contributed by atoms with van der Waals surface area (Å²) in [4.78, 5) is 0. The summed E-state index contributed by atoms with van der Waals surface area (Å²) < 4.78 is 1.37. The van der Waals surface area contributed by atoms with Crippen LogP contribution in [-0.2, 0) is 0 Å². The fraction of sp³-hybridized carbons (Fsp3) is 0.600. The maximum atomic E-state index is 3.73. The highest BCUT2D eigenvalue weighted by molar-refractivity contribution is 9.12. The molecule has 0 aromatic heterocycles. The first kappa shape index (κ1) is 10.5. The Hall–Kier alpha value is 0.440. The quantitative estimate of drug-likeness (QED) is 0.459. The number of allylic oxidation sites excluding steroid dienone is 4. The molecule has 1 aliphatic rings. The Morgan fingerprint density at radius 1 is 1.42 bits per heavy atom. The van der Waals surface area contributed by atoms with Gasteiger partial charge in [-0.15, -0.1) is 0 Å². The topological polar surface area (TPSA) is 0 Å². The predicted molar refractivity (Wildman–Crippen MR) is 61.9 cm³/mol. The van der Waals surface area contributed by atoms with Gasteiger partial charge in [0.25, 0.3) is 0 Å². The van der Waals surface area contributed by atoms with Crippen molar-refractivity contribution in [3.8, 4) is 0 Å². The molecule has 2 heteroatoms. The number of hydrogen-bond donors (Lipinski definition) is 0. The highest BCUT2D eigenvalue weighted by Crippen LogP contribution is 2.44. The van der Waals surface area contributed by atoms with Crippen molar-refractivity contribution in [2.75, 3.05) is 0 Å². The molecule has 0 nitrogen and oxygen atoms in total. The van der Waals surface area contributed by atoms with Crippen LogP contribution in [0, 0.1) is 5.92 Å². The van der Waals surface area contributed by atoms with Gasteiger partial charge in [0.05, 0.1) is 4.32 Å². The van der Waals surface area contributed by atoms with Crippen molar-refractivity contribution in [2.24, 2.45) is 5.92 Å². The zero-order chi connectivity index (χ0) is 9.52. The third kappa shape index (κ3) is 1.56. The molecule has 0 saturated carbocycles. The van der Waals surface area contributed by atoms with Crippen molar-refractivity contribution >= 4 is 31.9 Å². The van der Waals surface area contributed by atoms with Crippen LogP contribution in [0.4, 0.5) is 0 Å². The van der Waals surface area contributed by atoms with Crippen molar-refractivity contribution in [1.29, 1.82) is 0 Å². The fourth-order valence-corrected chi connectivity index (χ4v) is 2.61. The smallest absolute Gasteiger partial charge is 0.0652 e. The fourth-order valence-electron chi connectivity index (χ4n) is 1.47. The summed E-state index contributed by atoms with van der Waals surface area (Å²) in [6.07, 6.45) is 2.30. The van der Waals surface area contributed by atoms with Gasteiger partial charge in [0.15, 0.2) is 0 Å². The van der Waals surface area contributed by atoms with E-state index in [1.54, 1.807) is 0 Å². The molecule has 0 N–H and O–H groups in total. The summed E-state index contributed by atoms with van der Waals surface area (Å²) in [5.41, 5.74) is 2.78. The maximum Gasteiger partial charge on any atom is 0.0652 e. The Balaban J connectivity index is 3.16. The molecule has 0 fully saturated rings. The van der Waals surface area contributed by atoms with E-state index in [0.717, 1.165) is 0 Å². The summed E-state index contributed by atoms with van der Waals surface area (Å²) in [5.74, 6) is 0.524. The van der Waals surface area contributed by atoms with E-state index in [2.05, 4.69) is 65.6 Å². The average molecular weight is 294 g/mol. The predicted octanol–water partition coefficient (Wildman–Crippen LogP) is 4.40. The van der Waals surface area contributed by atoms with Crippen LogP contribution in [0.2, 0.25) is 0 Å². The van der Waals surface area contributed by atoms with Gasteiger partial charge in [-0.1, -0.05) is 50.4 Å². The lowest BCUT2D eigenvalue weighted by Crippen LogP contribution is -2.24. The van der Waals surface area contributed by atoms with Gasteiger partial charge in [0, 0.05) is 10.4 Å². The van der Waals surface area contributed by atoms with Crippen molar-refractivity contribution < 1.29 is 0 Å². The summed E-state index contributed by atoms with van der Waals surface area (Å²) in [6.45, 7) is 8.75. The molecular weight excluding hydrogens is 280 g/mol. The van der Waals surface area contributed by atoms with Gasteiger partial charge in [-0.05, 0) is 26.3 Å². The second-order valence-corrected chi connectivity index (χ2v) is 6.05. The van der Waals surface area contributed by atoms with E-state index < -0.39 is 0 Å². The second kappa shape index (κ2) is 3.30. The molecule has 1 aliphatic carbocycles. The normalized spacial score (nSPS) is 36.8. The Labute approximate surface area is 91.4 Å². The van der Waals surface area contributed by atoms with Crippen molar-refractivity contribution in [3.63, 3.8) is 0 Å². The highest BCUT2D eigenvalue weighted by Gasteiger charge is 2.31. The van der Waals surface area contributed by atoms with E-state index in [9.17, 15) is 0 Å². The van der Waals surface area contributed by atoms with E-state index in [1.165, 1.54) is 15.6 Å². The Bertz CT molecular complexity index is 259. The van der Waals surface area contributed by atoms with Crippen LogP contribution in [0.25, 0.3) is 0 Å². The molecule has 68 valence electrons. The molecule has 0 aromatic carbocycles. The number of hydrogen-bond acceptors (Lipinski definition) is 0. The molecule has 0 amide bonds. The first-order valence-corrected chi connectivity index (χ1v) is 5.70. The van der Waals surface area contributed by atoms with E-state index in [4.69, 9.17) is 0 Å². The lowest BCUT2D eigenvalue weighted by atomic mass is 9.85. The van der Waals surface area contributed by atoms with Crippen molar-refractivity contribution in [1.82, 2.24) is 0 Å². The van der Waals surface area contributed by atoms with Crippen molar-refractivity contribution in [2.45, 2.75) is 32.0 Å². The minimum atomic E-state index is 0.0539. The lowest BCUT2D eigenvalue weighted by Gasteiger charge is -2.32. The molecule has 12 heavy (non-hydrogen) atoms. The van der Waals surface area contributed by atoms with Gasteiger partial charge in [0.2, 0.25) is 0 Å². The minimum absolute atomic E-state index is 0.0539. The molecule has 0 saturated heterocycles. The van der Waals surface area contributed by atoms with Crippen LogP contribution in [0.5, 0.6) is 0 Å². The number of rotatable bonds is 0. The van der Waals surface area contributed by atoms with Crippen LogP contribution in [0.1, 0.15) is 27.7 Å². The largest absolute Gasteiger partial charge is 0.0761 e. The molecule has 2 unspecified atom stereocenters. The van der Waals surface area contributed by atoms with Gasteiger partial charge < -0.3 is 0 Å². The highest BCUT2D eigenvalue weighted by atomic mass is 79.9. The van der Waals surface area contributed by atoms with Crippen LogP contribution in [0.3, 0.4) is 0 Å². The van der Waals surface area contributed by atoms with Gasteiger partial charge in [-0.2, -0.15) is 0 Å². The first-order valence-electron chi connectivity index (χ1n) is 4.12. The van der Waals surface area contributed by atoms with E-state index in [-0.39, 0.29) is 4.32 Å². The Kier molecular flexibility index (Phi) is 2.89. The summed E-state index contributed by atoms with van der Waals surface area (Å²) >= 11 is 7.36. The standard InChI is InChI=1S/C10H14Br2/c1-6-5-7(2)10(4,12)8(3)9(6)11/h5-6H,1-4H3. The monoisotopic (exact) mass is 292 g/mol. The molecule has 0 bridgehead atoms. The summed E-state index contributed by atoms with van der Waals surface area (Å²) in [7, 11) is 0. The Morgan fingerprint density at radius 2 is 1.92 bits per heavy atom. The number of alkyl halides is 1. The zero-order valence-corrected chi connectivity index (χ0v) is 11.1. The van der Waals surface area contributed by atoms with Crippen LogP contribution >= 0.6 is 31.9 Å². The molecular formula is C10H14Br2. The summed E-state index contributed by atoms with van der Waals surface area (Å²) in [6, 6.07) is 0. The average Bonchev–Trinajstić information content (AvgIpc) is 1.99. The molecule has 0 radical (unpaired) electrons. The molecule has 0 heterocycles. The van der Waals surface area contributed by atoms with Crippen LogP contribution in [-0.4, -0.2) is 4.32 Å². The van der Waals surface area contributed by atoms with Gasteiger partial charge in [-0.25, -0.2) is 0 Å². The third-order valence-corrected chi connectivity index (χ3v) is 5.24. The number of halogens is 2. The third-order valence-electron chi connectivity index (χ3n) is 2.70. The molecule has 0 spiro atoms. The van der Waals surface area contributed by atoms with E-state index in [1.807, 2.05) is 0 Å². The van der Waals surface area contributed by atoms with Crippen LogP contribution in [0.15, 0.2) is 21.7 Å². The maximum absolute atomic E-state index is 3.73. The van der Waals surface area contributed by atoms with Gasteiger partial charge in [-0.3, -0.25) is 0 Å². The minimum Gasteiger partial charge on any atom is -0.0761 e. The zero-order valence-electron chi connectivity index (χ0n) is 7.91. The molecule has 1 rings (SSSR count). The first-order chi connectivity index (χ1) is 5.37. The van der Waals surface area contributed by atoms with E-state index in [0.29, 0.717) is 5.92 Å². The van der Waals surface area contributed by atoms with E-state index >= 15 is 0 Å². The molecule has 0 aliphatic heterocycles. The van der Waals surface area contributed by atoms with Gasteiger partial charge >= 0.3 is 0 Å². The van der Waals surface area contributed by atoms with Gasteiger partial charge in [0.1, 0.15) is 0 Å². The lowest BCUT2D eigenvalue weighted by molar-refractivity contribution is 0.768. The van der Waals surface area contributed by atoms with Crippen LogP contribution < -0.4 is 0 Å². The molecule has 0 aromatic rings. The van der Waals surface area contributed by atoms with Crippen molar-refractivity contribution in [3.05, 3.63) is 21.7 Å². The second-order valence-electron chi connectivity index (χ2n) is 3.61. The Morgan fingerprint density at radius 3 is 2.42 bits per heavy atom. The SMILES string of the molecule is CC1=CC(C)C(Br)=C(C)C1(C)Br. The molecule has 2 atom stereocenters. The summed E-state index contributed by atoms with van der Waals surface area (Å²) in [5, 5.41) is 0.